The fourth-order valence-electron chi connectivity index (χ4n) is 1.91. The molecule has 21 heavy (non-hydrogen) atoms. The standard InChI is InChI=1S/C14H11N3O3S/c1-7-5-8(13(19)20)3-4-9(7)11-10(6-15)12(18)17-14(16-11)21-2/h3-5H,1-2H3,(H,19,20)(H,16,17,18). The van der Waals surface area contributed by atoms with Gasteiger partial charge in [0.25, 0.3) is 5.56 Å². The predicted molar refractivity (Wildman–Crippen MR) is 78.5 cm³/mol. The quantitative estimate of drug-likeness (QED) is 0.663. The van der Waals surface area contributed by atoms with Crippen LogP contribution in [0.4, 0.5) is 0 Å². The lowest BCUT2D eigenvalue weighted by Gasteiger charge is -2.09. The van der Waals surface area contributed by atoms with Crippen molar-refractivity contribution in [2.75, 3.05) is 6.26 Å². The van der Waals surface area contributed by atoms with Gasteiger partial charge in [0.05, 0.1) is 11.3 Å². The van der Waals surface area contributed by atoms with Gasteiger partial charge in [-0.3, -0.25) is 4.79 Å². The SMILES string of the molecule is CSc1nc(-c2ccc(C(=O)O)cc2C)c(C#N)c(=O)[nH]1. The normalized spacial score (nSPS) is 10.1. The van der Waals surface area contributed by atoms with Gasteiger partial charge >= 0.3 is 5.97 Å². The van der Waals surface area contributed by atoms with Crippen molar-refractivity contribution < 1.29 is 9.90 Å². The van der Waals surface area contributed by atoms with Gasteiger partial charge in [-0.2, -0.15) is 5.26 Å². The summed E-state index contributed by atoms with van der Waals surface area (Å²) < 4.78 is 0. The Morgan fingerprint density at radius 2 is 2.19 bits per heavy atom. The Morgan fingerprint density at radius 3 is 2.71 bits per heavy atom. The predicted octanol–water partition coefficient (Wildman–Crippen LogP) is 2.04. The minimum atomic E-state index is -1.03. The number of H-pyrrole nitrogens is 1. The fraction of sp³-hybridized carbons (Fsp3) is 0.143. The summed E-state index contributed by atoms with van der Waals surface area (Å²) in [5.41, 5.74) is 1.02. The highest BCUT2D eigenvalue weighted by molar-refractivity contribution is 7.98. The van der Waals surface area contributed by atoms with E-state index in [1.54, 1.807) is 19.2 Å². The Morgan fingerprint density at radius 1 is 1.48 bits per heavy atom. The van der Waals surface area contributed by atoms with E-state index in [0.717, 1.165) is 0 Å². The molecule has 2 N–H and O–H groups in total. The van der Waals surface area contributed by atoms with Crippen molar-refractivity contribution in [3.8, 4) is 17.3 Å². The molecule has 0 aliphatic rings. The van der Waals surface area contributed by atoms with Crippen molar-refractivity contribution in [2.24, 2.45) is 0 Å². The summed E-state index contributed by atoms with van der Waals surface area (Å²) in [5.74, 6) is -1.03. The molecule has 0 bridgehead atoms. The lowest BCUT2D eigenvalue weighted by Crippen LogP contribution is -2.15. The topological polar surface area (TPSA) is 107 Å². The maximum absolute atomic E-state index is 11.9. The molecule has 0 atom stereocenters. The molecule has 6 nitrogen and oxygen atoms in total. The molecule has 1 heterocycles. The number of hydrogen-bond acceptors (Lipinski definition) is 5. The number of hydrogen-bond donors (Lipinski definition) is 2. The van der Waals surface area contributed by atoms with Crippen LogP contribution in [0.2, 0.25) is 0 Å². The number of nitrogens with zero attached hydrogens (tertiary/aromatic N) is 2. The molecule has 0 saturated heterocycles. The Hall–Kier alpha value is -2.59. The van der Waals surface area contributed by atoms with Gasteiger partial charge in [0.1, 0.15) is 11.6 Å². The Bertz CT molecular complexity index is 821. The molecule has 0 radical (unpaired) electrons. The number of thioether (sulfide) groups is 1. The van der Waals surface area contributed by atoms with Crippen molar-refractivity contribution in [1.82, 2.24) is 9.97 Å². The van der Waals surface area contributed by atoms with Crippen LogP contribution in [0.1, 0.15) is 21.5 Å². The highest BCUT2D eigenvalue weighted by Gasteiger charge is 2.16. The number of nitriles is 1. The average Bonchev–Trinajstić information content (AvgIpc) is 2.46. The molecular weight excluding hydrogens is 290 g/mol. The summed E-state index contributed by atoms with van der Waals surface area (Å²) in [6, 6.07) is 6.32. The summed E-state index contributed by atoms with van der Waals surface area (Å²) in [6.45, 7) is 1.71. The van der Waals surface area contributed by atoms with Crippen LogP contribution in [-0.2, 0) is 0 Å². The molecule has 0 fully saturated rings. The van der Waals surface area contributed by atoms with Gasteiger partial charge in [-0.25, -0.2) is 9.78 Å². The highest BCUT2D eigenvalue weighted by atomic mass is 32.2. The second kappa shape index (κ2) is 5.81. The van der Waals surface area contributed by atoms with E-state index in [1.165, 1.54) is 23.9 Å². The molecule has 0 amide bonds. The van der Waals surface area contributed by atoms with Crippen LogP contribution >= 0.6 is 11.8 Å². The number of aromatic carboxylic acids is 1. The zero-order valence-electron chi connectivity index (χ0n) is 11.3. The van der Waals surface area contributed by atoms with Crippen LogP contribution in [0.15, 0.2) is 28.2 Å². The molecule has 1 aromatic carbocycles. The lowest BCUT2D eigenvalue weighted by atomic mass is 10.00. The van der Waals surface area contributed by atoms with E-state index < -0.39 is 11.5 Å². The van der Waals surface area contributed by atoms with E-state index >= 15 is 0 Å². The van der Waals surface area contributed by atoms with E-state index in [2.05, 4.69) is 9.97 Å². The van der Waals surface area contributed by atoms with Crippen molar-refractivity contribution in [3.63, 3.8) is 0 Å². The Balaban J connectivity index is 2.72. The first-order valence-electron chi connectivity index (χ1n) is 5.90. The number of aryl methyl sites for hydroxylation is 1. The summed E-state index contributed by atoms with van der Waals surface area (Å²) in [6.07, 6.45) is 1.76. The minimum Gasteiger partial charge on any atom is -0.478 e. The number of rotatable bonds is 3. The summed E-state index contributed by atoms with van der Waals surface area (Å²) in [4.78, 5) is 29.6. The minimum absolute atomic E-state index is 0.0843. The summed E-state index contributed by atoms with van der Waals surface area (Å²) in [5, 5.41) is 18.5. The molecule has 0 unspecified atom stereocenters. The van der Waals surface area contributed by atoms with Crippen molar-refractivity contribution in [2.45, 2.75) is 12.1 Å². The first-order valence-corrected chi connectivity index (χ1v) is 7.13. The zero-order valence-corrected chi connectivity index (χ0v) is 12.1. The van der Waals surface area contributed by atoms with Crippen LogP contribution in [0.5, 0.6) is 0 Å². The lowest BCUT2D eigenvalue weighted by molar-refractivity contribution is 0.0697. The fourth-order valence-corrected chi connectivity index (χ4v) is 2.29. The van der Waals surface area contributed by atoms with Gasteiger partial charge in [0, 0.05) is 5.56 Å². The smallest absolute Gasteiger partial charge is 0.335 e. The maximum atomic E-state index is 11.9. The van der Waals surface area contributed by atoms with Gasteiger partial charge in [-0.1, -0.05) is 17.8 Å². The number of benzene rings is 1. The number of aromatic amines is 1. The largest absolute Gasteiger partial charge is 0.478 e. The monoisotopic (exact) mass is 301 g/mol. The van der Waals surface area contributed by atoms with Crippen molar-refractivity contribution >= 4 is 17.7 Å². The maximum Gasteiger partial charge on any atom is 0.335 e. The Labute approximate surface area is 124 Å². The van der Waals surface area contributed by atoms with Crippen LogP contribution in [-0.4, -0.2) is 27.3 Å². The van der Waals surface area contributed by atoms with Crippen molar-refractivity contribution in [1.29, 1.82) is 5.26 Å². The number of nitrogens with one attached hydrogen (secondary N) is 1. The Kier molecular flexibility index (Phi) is 4.10. The van der Waals surface area contributed by atoms with E-state index in [-0.39, 0.29) is 16.8 Å². The van der Waals surface area contributed by atoms with Crippen LogP contribution < -0.4 is 5.56 Å². The molecule has 106 valence electrons. The molecule has 2 rings (SSSR count). The molecule has 0 saturated carbocycles. The van der Waals surface area contributed by atoms with E-state index in [1.807, 2.05) is 6.07 Å². The second-order valence-electron chi connectivity index (χ2n) is 4.25. The summed E-state index contributed by atoms with van der Waals surface area (Å²) in [7, 11) is 0. The van der Waals surface area contributed by atoms with E-state index in [4.69, 9.17) is 10.4 Å². The van der Waals surface area contributed by atoms with Gasteiger partial charge in [-0.15, -0.1) is 0 Å². The molecule has 0 spiro atoms. The van der Waals surface area contributed by atoms with Crippen LogP contribution in [0, 0.1) is 18.3 Å². The van der Waals surface area contributed by atoms with Gasteiger partial charge < -0.3 is 10.1 Å². The van der Waals surface area contributed by atoms with Gasteiger partial charge in [0.2, 0.25) is 0 Å². The highest BCUT2D eigenvalue weighted by Crippen LogP contribution is 2.25. The first kappa shape index (κ1) is 14.8. The third-order valence-corrected chi connectivity index (χ3v) is 3.51. The average molecular weight is 301 g/mol. The first-order chi connectivity index (χ1) is 9.97. The van der Waals surface area contributed by atoms with E-state index in [0.29, 0.717) is 16.3 Å². The molecule has 0 aliphatic heterocycles. The zero-order chi connectivity index (χ0) is 15.6. The van der Waals surface area contributed by atoms with Crippen LogP contribution in [0.25, 0.3) is 11.3 Å². The van der Waals surface area contributed by atoms with Crippen molar-refractivity contribution in [3.05, 3.63) is 45.2 Å². The van der Waals surface area contributed by atoms with Gasteiger partial charge in [-0.05, 0) is 30.9 Å². The number of carbonyl (C=O) groups is 1. The molecule has 7 heteroatoms. The number of aromatic nitrogens is 2. The third kappa shape index (κ3) is 2.80. The third-order valence-electron chi connectivity index (χ3n) is 2.93. The van der Waals surface area contributed by atoms with Crippen LogP contribution in [0.3, 0.4) is 0 Å². The molecule has 1 aromatic heterocycles. The van der Waals surface area contributed by atoms with Gasteiger partial charge in [0.15, 0.2) is 5.16 Å². The number of carboxylic acid groups (broad SMARTS) is 1. The summed E-state index contributed by atoms with van der Waals surface area (Å²) >= 11 is 1.25. The molecule has 0 aliphatic carbocycles. The van der Waals surface area contributed by atoms with E-state index in [9.17, 15) is 9.59 Å². The molecule has 2 aromatic rings. The number of carboxylic acids is 1. The molecular formula is C14H11N3O3S. The second-order valence-corrected chi connectivity index (χ2v) is 5.04.